The van der Waals surface area contributed by atoms with Gasteiger partial charge < -0.3 is 29.0 Å². The molecule has 32 heavy (non-hydrogen) atoms. The van der Waals surface area contributed by atoms with Crippen LogP contribution in [0.15, 0.2) is 36.4 Å². The van der Waals surface area contributed by atoms with E-state index >= 15 is 0 Å². The minimum Gasteiger partial charge on any atom is -0.491 e. The van der Waals surface area contributed by atoms with Crippen LogP contribution < -0.4 is 24.3 Å². The molecule has 1 heterocycles. The molecule has 9 heteroatoms. The molecule has 1 amide bonds. The van der Waals surface area contributed by atoms with E-state index < -0.39 is 18.0 Å². The van der Waals surface area contributed by atoms with Crippen LogP contribution in [0.5, 0.6) is 23.0 Å². The molecule has 1 aliphatic heterocycles. The van der Waals surface area contributed by atoms with Gasteiger partial charge in [0.2, 0.25) is 6.79 Å². The first kappa shape index (κ1) is 23.3. The van der Waals surface area contributed by atoms with Crippen molar-refractivity contribution in [2.45, 2.75) is 26.5 Å². The Labute approximate surface area is 191 Å². The normalized spacial score (nSPS) is 13.0. The monoisotopic (exact) mass is 461 g/mol. The summed E-state index contributed by atoms with van der Waals surface area (Å²) in [6.07, 6.45) is 1.77. The quantitative estimate of drug-likeness (QED) is 0.449. The van der Waals surface area contributed by atoms with Crippen molar-refractivity contribution >= 4 is 29.6 Å². The summed E-state index contributed by atoms with van der Waals surface area (Å²) in [7, 11) is 1.50. The van der Waals surface area contributed by atoms with Gasteiger partial charge in [0.1, 0.15) is 0 Å². The molecule has 3 rings (SSSR count). The number of carbonyl (C=O) groups excluding carboxylic acids is 2. The van der Waals surface area contributed by atoms with Gasteiger partial charge in [-0.05, 0) is 55.3 Å². The van der Waals surface area contributed by atoms with Crippen LogP contribution in [0.25, 0.3) is 6.08 Å². The minimum atomic E-state index is -0.973. The van der Waals surface area contributed by atoms with Crippen molar-refractivity contribution in [2.75, 3.05) is 20.5 Å². The number of halogens is 1. The molecule has 0 fully saturated rings. The number of hydrogen-bond acceptors (Lipinski definition) is 7. The van der Waals surface area contributed by atoms with Crippen LogP contribution in [0.3, 0.4) is 0 Å². The van der Waals surface area contributed by atoms with Crippen molar-refractivity contribution in [3.05, 3.63) is 52.6 Å². The SMILES string of the molecule is CCOc1cc(/C=C/C(=O)OC(C)C(=O)NCc2ccc3c(c2)OCO3)cc(Cl)c1OC. The Bertz CT molecular complexity index is 1020. The number of fused-ring (bicyclic) bond motifs is 1. The first-order valence-electron chi connectivity index (χ1n) is 9.96. The van der Waals surface area contributed by atoms with Gasteiger partial charge in [-0.3, -0.25) is 4.79 Å². The van der Waals surface area contributed by atoms with Crippen LogP contribution in [0.2, 0.25) is 5.02 Å². The van der Waals surface area contributed by atoms with E-state index in [1.165, 1.54) is 26.2 Å². The topological polar surface area (TPSA) is 92.3 Å². The third kappa shape index (κ3) is 5.85. The van der Waals surface area contributed by atoms with Gasteiger partial charge in [-0.15, -0.1) is 0 Å². The van der Waals surface area contributed by atoms with Crippen LogP contribution in [-0.2, 0) is 20.9 Å². The number of rotatable bonds is 9. The smallest absolute Gasteiger partial charge is 0.331 e. The summed E-state index contributed by atoms with van der Waals surface area (Å²) in [4.78, 5) is 24.4. The lowest BCUT2D eigenvalue weighted by molar-refractivity contribution is -0.150. The molecule has 0 aliphatic carbocycles. The summed E-state index contributed by atoms with van der Waals surface area (Å²) in [5, 5.41) is 3.08. The highest BCUT2D eigenvalue weighted by Gasteiger charge is 2.18. The summed E-state index contributed by atoms with van der Waals surface area (Å²) >= 11 is 6.21. The van der Waals surface area contributed by atoms with E-state index in [0.717, 1.165) is 5.56 Å². The highest BCUT2D eigenvalue weighted by atomic mass is 35.5. The van der Waals surface area contributed by atoms with Gasteiger partial charge in [0, 0.05) is 12.6 Å². The third-order valence-electron chi connectivity index (χ3n) is 4.51. The van der Waals surface area contributed by atoms with Crippen molar-refractivity contribution in [1.29, 1.82) is 0 Å². The highest BCUT2D eigenvalue weighted by molar-refractivity contribution is 6.32. The number of nitrogens with one attached hydrogen (secondary N) is 1. The molecular weight excluding hydrogens is 438 g/mol. The maximum absolute atomic E-state index is 12.3. The van der Waals surface area contributed by atoms with E-state index in [2.05, 4.69) is 5.32 Å². The molecule has 1 unspecified atom stereocenters. The number of esters is 1. The van der Waals surface area contributed by atoms with Crippen LogP contribution >= 0.6 is 11.6 Å². The molecule has 2 aromatic rings. The number of methoxy groups -OCH3 is 1. The number of ether oxygens (including phenoxy) is 5. The third-order valence-corrected chi connectivity index (χ3v) is 4.79. The Morgan fingerprint density at radius 3 is 2.75 bits per heavy atom. The van der Waals surface area contributed by atoms with Gasteiger partial charge in [-0.1, -0.05) is 17.7 Å². The maximum atomic E-state index is 12.3. The molecule has 0 saturated carbocycles. The fourth-order valence-electron chi connectivity index (χ4n) is 2.96. The standard InChI is InChI=1S/C23H24ClNO7/c1-4-29-20-10-15(9-17(24)22(20)28-3)6-8-21(26)32-14(2)23(27)25-12-16-5-7-18-19(11-16)31-13-30-18/h5-11,14H,4,12-13H2,1-3H3,(H,25,27)/b8-6+. The minimum absolute atomic E-state index is 0.182. The number of amides is 1. The fourth-order valence-corrected chi connectivity index (χ4v) is 3.26. The lowest BCUT2D eigenvalue weighted by Gasteiger charge is -2.13. The van der Waals surface area contributed by atoms with E-state index in [1.54, 1.807) is 24.3 Å². The van der Waals surface area contributed by atoms with Gasteiger partial charge in [0.05, 0.1) is 18.7 Å². The summed E-state index contributed by atoms with van der Waals surface area (Å²) < 4.78 is 26.5. The second kappa shape index (κ2) is 10.8. The predicted molar refractivity (Wildman–Crippen MR) is 118 cm³/mol. The number of hydrogen-bond donors (Lipinski definition) is 1. The van der Waals surface area contributed by atoms with E-state index in [9.17, 15) is 9.59 Å². The van der Waals surface area contributed by atoms with E-state index in [1.807, 2.05) is 13.0 Å². The lowest BCUT2D eigenvalue weighted by Crippen LogP contribution is -2.35. The van der Waals surface area contributed by atoms with Crippen molar-refractivity contribution in [1.82, 2.24) is 5.32 Å². The van der Waals surface area contributed by atoms with Crippen LogP contribution in [0, 0.1) is 0 Å². The second-order valence-electron chi connectivity index (χ2n) is 6.78. The molecule has 170 valence electrons. The average molecular weight is 462 g/mol. The molecule has 0 aromatic heterocycles. The van der Waals surface area contributed by atoms with Gasteiger partial charge in [0.25, 0.3) is 5.91 Å². The Morgan fingerprint density at radius 1 is 1.22 bits per heavy atom. The number of benzene rings is 2. The van der Waals surface area contributed by atoms with E-state index in [-0.39, 0.29) is 13.3 Å². The highest BCUT2D eigenvalue weighted by Crippen LogP contribution is 2.36. The zero-order valence-electron chi connectivity index (χ0n) is 18.0. The van der Waals surface area contributed by atoms with Crippen molar-refractivity contribution in [3.63, 3.8) is 0 Å². The Balaban J connectivity index is 1.53. The van der Waals surface area contributed by atoms with Crippen molar-refractivity contribution < 1.29 is 33.3 Å². The Hall–Kier alpha value is -3.39. The second-order valence-corrected chi connectivity index (χ2v) is 7.19. The zero-order valence-corrected chi connectivity index (χ0v) is 18.7. The predicted octanol–water partition coefficient (Wildman–Crippen LogP) is 3.74. The largest absolute Gasteiger partial charge is 0.491 e. The maximum Gasteiger partial charge on any atom is 0.331 e. The van der Waals surface area contributed by atoms with E-state index in [0.29, 0.717) is 40.2 Å². The first-order valence-corrected chi connectivity index (χ1v) is 10.3. The first-order chi connectivity index (χ1) is 15.4. The van der Waals surface area contributed by atoms with Crippen LogP contribution in [-0.4, -0.2) is 38.5 Å². The molecule has 2 aromatic carbocycles. The Morgan fingerprint density at radius 2 is 2.00 bits per heavy atom. The molecule has 1 aliphatic rings. The molecule has 0 bridgehead atoms. The van der Waals surface area contributed by atoms with Gasteiger partial charge in [-0.2, -0.15) is 0 Å². The zero-order chi connectivity index (χ0) is 23.1. The van der Waals surface area contributed by atoms with Crippen LogP contribution in [0.4, 0.5) is 0 Å². The molecular formula is C23H24ClNO7. The van der Waals surface area contributed by atoms with Gasteiger partial charge >= 0.3 is 5.97 Å². The Kier molecular flexibility index (Phi) is 7.83. The molecule has 1 atom stereocenters. The summed E-state index contributed by atoms with van der Waals surface area (Å²) in [5.74, 6) is 1.09. The van der Waals surface area contributed by atoms with Crippen molar-refractivity contribution in [2.24, 2.45) is 0 Å². The fraction of sp³-hybridized carbons (Fsp3) is 0.304. The summed E-state index contributed by atoms with van der Waals surface area (Å²) in [6.45, 7) is 4.21. The van der Waals surface area contributed by atoms with Gasteiger partial charge in [0.15, 0.2) is 29.1 Å². The molecule has 0 radical (unpaired) electrons. The molecule has 0 spiro atoms. The summed E-state index contributed by atoms with van der Waals surface area (Å²) in [6, 6.07) is 8.72. The average Bonchev–Trinajstić information content (AvgIpc) is 3.24. The summed E-state index contributed by atoms with van der Waals surface area (Å²) in [5.41, 5.74) is 1.46. The van der Waals surface area contributed by atoms with E-state index in [4.69, 9.17) is 35.3 Å². The van der Waals surface area contributed by atoms with Crippen LogP contribution in [0.1, 0.15) is 25.0 Å². The molecule has 0 saturated heterocycles. The lowest BCUT2D eigenvalue weighted by atomic mass is 10.2. The molecule has 1 N–H and O–H groups in total. The van der Waals surface area contributed by atoms with Crippen molar-refractivity contribution in [3.8, 4) is 23.0 Å². The van der Waals surface area contributed by atoms with Gasteiger partial charge in [-0.25, -0.2) is 4.79 Å². The number of carbonyl (C=O) groups is 2. The molecule has 8 nitrogen and oxygen atoms in total.